The third kappa shape index (κ3) is 2.24. The van der Waals surface area contributed by atoms with Crippen molar-refractivity contribution in [1.29, 1.82) is 0 Å². The van der Waals surface area contributed by atoms with Gasteiger partial charge >= 0.3 is 89.7 Å². The monoisotopic (exact) mass is 232 g/mol. The van der Waals surface area contributed by atoms with Crippen molar-refractivity contribution in [2.75, 3.05) is 21.3 Å². The van der Waals surface area contributed by atoms with Crippen molar-refractivity contribution in [2.24, 2.45) is 0 Å². The molecule has 0 aliphatic heterocycles. The maximum atomic E-state index is 5.41. The van der Waals surface area contributed by atoms with E-state index in [0.717, 1.165) is 3.87 Å². The van der Waals surface area contributed by atoms with Gasteiger partial charge in [0, 0.05) is 0 Å². The van der Waals surface area contributed by atoms with E-state index in [2.05, 4.69) is 0 Å². The number of benzene rings is 1. The average molecular weight is 232 g/mol. The molecule has 1 aromatic carbocycles. The molecule has 0 fully saturated rings. The molecular weight excluding hydrogens is 216 g/mol. The van der Waals surface area contributed by atoms with Gasteiger partial charge in [-0.15, -0.1) is 0 Å². The molecule has 3 nitrogen and oxygen atoms in total. The molecule has 14 heavy (non-hydrogen) atoms. The van der Waals surface area contributed by atoms with Crippen LogP contribution in [0.2, 0.25) is 0 Å². The first-order valence-corrected chi connectivity index (χ1v) is 7.10. The van der Waals surface area contributed by atoms with Crippen LogP contribution in [0.1, 0.15) is 5.56 Å². The van der Waals surface area contributed by atoms with Crippen LogP contribution < -0.4 is 3.87 Å². The van der Waals surface area contributed by atoms with Crippen molar-refractivity contribution in [2.45, 2.75) is 6.92 Å². The number of hydrogen-bond donors (Lipinski definition) is 0. The Morgan fingerprint density at radius 3 is 1.64 bits per heavy atom. The zero-order chi connectivity index (χ0) is 10.6. The fourth-order valence-corrected chi connectivity index (χ4v) is 4.14. The van der Waals surface area contributed by atoms with E-state index >= 15 is 0 Å². The molecule has 0 N–H and O–H groups in total. The molecule has 0 heterocycles. The van der Waals surface area contributed by atoms with Crippen LogP contribution in [0.15, 0.2) is 24.3 Å². The quantitative estimate of drug-likeness (QED) is 0.735. The van der Waals surface area contributed by atoms with Gasteiger partial charge in [0.15, 0.2) is 0 Å². The first-order chi connectivity index (χ1) is 6.68. The van der Waals surface area contributed by atoms with Crippen LogP contribution in [0.25, 0.3) is 0 Å². The molecule has 0 radical (unpaired) electrons. The van der Waals surface area contributed by atoms with E-state index in [9.17, 15) is 0 Å². The minimum absolute atomic E-state index is 1.03. The summed E-state index contributed by atoms with van der Waals surface area (Å²) >= 11 is -3.15. The first-order valence-electron chi connectivity index (χ1n) is 4.41. The van der Waals surface area contributed by atoms with Crippen LogP contribution in [-0.4, -0.2) is 21.3 Å². The van der Waals surface area contributed by atoms with Crippen LogP contribution in [0.5, 0.6) is 0 Å². The Balaban J connectivity index is 3.05. The Morgan fingerprint density at radius 2 is 1.29 bits per heavy atom. The summed E-state index contributed by atoms with van der Waals surface area (Å²) in [6.07, 6.45) is 0. The zero-order valence-corrected chi connectivity index (χ0v) is 10.6. The summed E-state index contributed by atoms with van der Waals surface area (Å²) in [5, 5.41) is 0. The van der Waals surface area contributed by atoms with Crippen molar-refractivity contribution in [3.8, 4) is 0 Å². The molecule has 4 heteroatoms. The molecule has 0 aliphatic carbocycles. The van der Waals surface area contributed by atoms with Gasteiger partial charge in [-0.1, -0.05) is 0 Å². The molecule has 1 aromatic rings. The Kier molecular flexibility index (Phi) is 4.29. The van der Waals surface area contributed by atoms with Gasteiger partial charge in [-0.3, -0.25) is 0 Å². The van der Waals surface area contributed by atoms with E-state index < -0.39 is 17.8 Å². The van der Waals surface area contributed by atoms with Gasteiger partial charge in [0.25, 0.3) is 0 Å². The maximum absolute atomic E-state index is 5.41. The van der Waals surface area contributed by atoms with Crippen molar-refractivity contribution in [3.63, 3.8) is 0 Å². The molecule has 0 amide bonds. The van der Waals surface area contributed by atoms with Gasteiger partial charge in [-0.2, -0.15) is 0 Å². The molecule has 0 aromatic heterocycles. The van der Waals surface area contributed by atoms with Crippen molar-refractivity contribution < 1.29 is 27.7 Å². The van der Waals surface area contributed by atoms with Crippen molar-refractivity contribution in [3.05, 3.63) is 29.8 Å². The number of hydrogen-bond acceptors (Lipinski definition) is 3. The Labute approximate surface area is 89.8 Å². The van der Waals surface area contributed by atoms with Crippen LogP contribution >= 0.6 is 0 Å². The topological polar surface area (TPSA) is 27.7 Å². The van der Waals surface area contributed by atoms with Gasteiger partial charge in [0.05, 0.1) is 0 Å². The van der Waals surface area contributed by atoms with Crippen LogP contribution in [0.4, 0.5) is 0 Å². The molecule has 0 bridgehead atoms. The summed E-state index contributed by atoms with van der Waals surface area (Å²) in [5.74, 6) is 0. The number of rotatable bonds is 4. The fourth-order valence-electron chi connectivity index (χ4n) is 1.36. The number of aryl methyl sites for hydroxylation is 1. The second kappa shape index (κ2) is 5.05. The van der Waals surface area contributed by atoms with E-state index in [4.69, 9.17) is 9.96 Å². The molecular formula is C10H16O3Ti. The van der Waals surface area contributed by atoms with Gasteiger partial charge in [0.1, 0.15) is 0 Å². The average Bonchev–Trinajstić information content (AvgIpc) is 2.24. The minimum atomic E-state index is -3.15. The van der Waals surface area contributed by atoms with Crippen LogP contribution in [0.3, 0.4) is 0 Å². The molecule has 0 atom stereocenters. The predicted molar refractivity (Wildman–Crippen MR) is 51.8 cm³/mol. The summed E-state index contributed by atoms with van der Waals surface area (Å²) < 4.78 is 17.2. The normalized spacial score (nSPS) is 11.7. The SMILES string of the molecule is C[O][Ti]([O]C)([O]C)[c]1ccc(C)cc1. The van der Waals surface area contributed by atoms with Crippen LogP contribution in [-0.2, 0) is 27.7 Å². The van der Waals surface area contributed by atoms with E-state index in [1.54, 1.807) is 21.3 Å². The molecule has 1 rings (SSSR count). The second-order valence-electron chi connectivity index (χ2n) is 3.03. The Morgan fingerprint density at radius 1 is 0.857 bits per heavy atom. The first kappa shape index (κ1) is 11.9. The van der Waals surface area contributed by atoms with Crippen LogP contribution in [0, 0.1) is 6.92 Å². The third-order valence-electron chi connectivity index (χ3n) is 2.21. The fraction of sp³-hybridized carbons (Fsp3) is 0.400. The van der Waals surface area contributed by atoms with E-state index in [0.29, 0.717) is 0 Å². The molecule has 0 aliphatic rings. The standard InChI is InChI=1S/C7H7.3CH3O.Ti/c1-7-5-3-2-4-6-7;3*1-2;/h3-6H,1H3;3*1H3;/q;3*-1;+3. The van der Waals surface area contributed by atoms with Crippen molar-refractivity contribution in [1.82, 2.24) is 0 Å². The zero-order valence-electron chi connectivity index (χ0n) is 9.03. The second-order valence-corrected chi connectivity index (χ2v) is 7.59. The van der Waals surface area contributed by atoms with E-state index in [1.165, 1.54) is 5.56 Å². The van der Waals surface area contributed by atoms with E-state index in [1.807, 2.05) is 31.2 Å². The molecule has 0 spiro atoms. The van der Waals surface area contributed by atoms with Gasteiger partial charge in [0.2, 0.25) is 0 Å². The summed E-state index contributed by atoms with van der Waals surface area (Å²) in [5.41, 5.74) is 1.22. The Bertz CT molecular complexity index is 272. The summed E-state index contributed by atoms with van der Waals surface area (Å²) in [6.45, 7) is 2.05. The van der Waals surface area contributed by atoms with Gasteiger partial charge < -0.3 is 0 Å². The molecule has 78 valence electrons. The molecule has 0 unspecified atom stereocenters. The van der Waals surface area contributed by atoms with Gasteiger partial charge in [-0.25, -0.2) is 0 Å². The van der Waals surface area contributed by atoms with E-state index in [-0.39, 0.29) is 0 Å². The summed E-state index contributed by atoms with van der Waals surface area (Å²) in [6, 6.07) is 8.08. The third-order valence-corrected chi connectivity index (χ3v) is 6.35. The van der Waals surface area contributed by atoms with Gasteiger partial charge in [-0.05, 0) is 0 Å². The molecule has 0 saturated carbocycles. The summed E-state index contributed by atoms with van der Waals surface area (Å²) in [7, 11) is 4.90. The predicted octanol–water partition coefficient (Wildman–Crippen LogP) is 1.46. The Hall–Kier alpha value is -0.186. The summed E-state index contributed by atoms with van der Waals surface area (Å²) in [4.78, 5) is 0. The van der Waals surface area contributed by atoms with Crippen molar-refractivity contribution >= 4 is 3.87 Å². The molecule has 0 saturated heterocycles.